The number of anilines is 2. The second-order valence-corrected chi connectivity index (χ2v) is 6.99. The minimum absolute atomic E-state index is 0.0314. The van der Waals surface area contributed by atoms with Crippen LogP contribution in [-0.2, 0) is 0 Å². The van der Waals surface area contributed by atoms with E-state index in [-0.39, 0.29) is 22.9 Å². The fraction of sp³-hybridized carbons (Fsp3) is 0. The molecule has 2 amide bonds. The SMILES string of the molecule is O=C(Nc1c(C(=O)Nc2ccc(F)c(F)c2)oc2ccccc12)c1cc2ccccc2o1. The van der Waals surface area contributed by atoms with Crippen molar-refractivity contribution in [2.24, 2.45) is 0 Å². The lowest BCUT2D eigenvalue weighted by molar-refractivity contribution is 0.0997. The number of fused-ring (bicyclic) bond motifs is 2. The molecule has 0 saturated heterocycles. The van der Waals surface area contributed by atoms with Crippen molar-refractivity contribution in [3.8, 4) is 0 Å². The van der Waals surface area contributed by atoms with E-state index in [9.17, 15) is 18.4 Å². The van der Waals surface area contributed by atoms with Crippen molar-refractivity contribution in [1.29, 1.82) is 0 Å². The maximum atomic E-state index is 13.5. The predicted octanol–water partition coefficient (Wildman–Crippen LogP) is 5.96. The van der Waals surface area contributed by atoms with E-state index in [1.165, 1.54) is 6.07 Å². The van der Waals surface area contributed by atoms with Crippen LogP contribution < -0.4 is 10.6 Å². The van der Waals surface area contributed by atoms with Gasteiger partial charge in [0.1, 0.15) is 16.9 Å². The van der Waals surface area contributed by atoms with Crippen LogP contribution >= 0.6 is 0 Å². The van der Waals surface area contributed by atoms with Crippen LogP contribution in [0.15, 0.2) is 81.6 Å². The fourth-order valence-corrected chi connectivity index (χ4v) is 3.36. The van der Waals surface area contributed by atoms with Crippen molar-refractivity contribution in [2.45, 2.75) is 0 Å². The molecule has 5 rings (SSSR count). The molecule has 8 heteroatoms. The molecule has 0 spiro atoms. The number of amides is 2. The van der Waals surface area contributed by atoms with E-state index in [4.69, 9.17) is 8.83 Å². The van der Waals surface area contributed by atoms with Crippen molar-refractivity contribution in [1.82, 2.24) is 0 Å². The molecule has 0 aliphatic carbocycles. The van der Waals surface area contributed by atoms with Crippen LogP contribution in [0.4, 0.5) is 20.2 Å². The molecule has 0 aliphatic heterocycles. The molecular weight excluding hydrogens is 418 g/mol. The lowest BCUT2D eigenvalue weighted by Gasteiger charge is -2.07. The first-order valence-electron chi connectivity index (χ1n) is 9.57. The molecule has 0 bridgehead atoms. The highest BCUT2D eigenvalue weighted by Gasteiger charge is 2.24. The maximum Gasteiger partial charge on any atom is 0.293 e. The molecular formula is C24H14F2N2O4. The summed E-state index contributed by atoms with van der Waals surface area (Å²) >= 11 is 0. The van der Waals surface area contributed by atoms with Gasteiger partial charge in [-0.2, -0.15) is 0 Å². The molecule has 0 radical (unpaired) electrons. The molecule has 0 atom stereocenters. The second kappa shape index (κ2) is 7.66. The zero-order valence-electron chi connectivity index (χ0n) is 16.3. The predicted molar refractivity (Wildman–Crippen MR) is 115 cm³/mol. The van der Waals surface area contributed by atoms with Crippen molar-refractivity contribution in [3.63, 3.8) is 0 Å². The maximum absolute atomic E-state index is 13.5. The third kappa shape index (κ3) is 3.47. The zero-order valence-corrected chi connectivity index (χ0v) is 16.3. The fourth-order valence-electron chi connectivity index (χ4n) is 3.36. The summed E-state index contributed by atoms with van der Waals surface area (Å²) in [5, 5.41) is 6.37. The summed E-state index contributed by atoms with van der Waals surface area (Å²) in [6.07, 6.45) is 0. The number of carbonyl (C=O) groups excluding carboxylic acids is 2. The number of carbonyl (C=O) groups is 2. The molecule has 32 heavy (non-hydrogen) atoms. The van der Waals surface area contributed by atoms with E-state index >= 15 is 0 Å². The van der Waals surface area contributed by atoms with E-state index in [1.807, 2.05) is 12.1 Å². The first kappa shape index (κ1) is 19.5. The van der Waals surface area contributed by atoms with E-state index < -0.39 is 23.4 Å². The molecule has 0 unspecified atom stereocenters. The van der Waals surface area contributed by atoms with Gasteiger partial charge in [0.2, 0.25) is 5.76 Å². The summed E-state index contributed by atoms with van der Waals surface area (Å²) in [7, 11) is 0. The topological polar surface area (TPSA) is 84.5 Å². The number of rotatable bonds is 4. The summed E-state index contributed by atoms with van der Waals surface area (Å²) in [5.74, 6) is -3.60. The number of nitrogens with one attached hydrogen (secondary N) is 2. The number of halogens is 2. The number of furan rings is 2. The van der Waals surface area contributed by atoms with Crippen LogP contribution in [-0.4, -0.2) is 11.8 Å². The van der Waals surface area contributed by atoms with Crippen LogP contribution in [0.25, 0.3) is 21.9 Å². The quantitative estimate of drug-likeness (QED) is 0.367. The van der Waals surface area contributed by atoms with Crippen molar-refractivity contribution < 1.29 is 27.2 Å². The number of hydrogen-bond donors (Lipinski definition) is 2. The Morgan fingerprint density at radius 3 is 2.25 bits per heavy atom. The standard InChI is InChI=1S/C24H14F2N2O4/c25-16-10-9-14(12-17(16)26)27-24(30)22-21(15-6-2-4-8-19(15)32-22)28-23(29)20-11-13-5-1-3-7-18(13)31-20/h1-12H,(H,27,30)(H,28,29). The van der Waals surface area contributed by atoms with Gasteiger partial charge in [-0.15, -0.1) is 0 Å². The van der Waals surface area contributed by atoms with E-state index in [1.54, 1.807) is 42.5 Å². The monoisotopic (exact) mass is 432 g/mol. The van der Waals surface area contributed by atoms with Crippen LogP contribution in [0.2, 0.25) is 0 Å². The summed E-state index contributed by atoms with van der Waals surface area (Å²) in [4.78, 5) is 25.7. The Bertz CT molecular complexity index is 1470. The average molecular weight is 432 g/mol. The molecule has 158 valence electrons. The molecule has 2 N–H and O–H groups in total. The minimum atomic E-state index is -1.11. The first-order chi connectivity index (χ1) is 15.5. The number of hydrogen-bond acceptors (Lipinski definition) is 4. The van der Waals surface area contributed by atoms with Gasteiger partial charge in [0.25, 0.3) is 11.8 Å². The molecule has 3 aromatic carbocycles. The normalized spacial score (nSPS) is 11.1. The van der Waals surface area contributed by atoms with Gasteiger partial charge in [-0.3, -0.25) is 9.59 Å². The van der Waals surface area contributed by atoms with Gasteiger partial charge in [0.05, 0.1) is 0 Å². The minimum Gasteiger partial charge on any atom is -0.451 e. The Balaban J connectivity index is 1.50. The van der Waals surface area contributed by atoms with Gasteiger partial charge in [-0.1, -0.05) is 30.3 Å². The Hall–Kier alpha value is -4.46. The highest BCUT2D eigenvalue weighted by molar-refractivity contribution is 6.16. The zero-order chi connectivity index (χ0) is 22.2. The molecule has 2 heterocycles. The van der Waals surface area contributed by atoms with Gasteiger partial charge in [-0.25, -0.2) is 8.78 Å². The van der Waals surface area contributed by atoms with Gasteiger partial charge in [0, 0.05) is 22.5 Å². The molecule has 0 saturated carbocycles. The van der Waals surface area contributed by atoms with Crippen molar-refractivity contribution in [2.75, 3.05) is 10.6 Å². The molecule has 6 nitrogen and oxygen atoms in total. The molecule has 0 aliphatic rings. The first-order valence-corrected chi connectivity index (χ1v) is 9.57. The van der Waals surface area contributed by atoms with E-state index in [0.717, 1.165) is 17.5 Å². The third-order valence-electron chi connectivity index (χ3n) is 4.87. The van der Waals surface area contributed by atoms with Crippen molar-refractivity contribution in [3.05, 3.63) is 96.0 Å². The Morgan fingerprint density at radius 1 is 0.719 bits per heavy atom. The van der Waals surface area contributed by atoms with Gasteiger partial charge < -0.3 is 19.5 Å². The van der Waals surface area contributed by atoms with Crippen LogP contribution in [0.1, 0.15) is 21.1 Å². The summed E-state index contributed by atoms with van der Waals surface area (Å²) in [6.45, 7) is 0. The second-order valence-electron chi connectivity index (χ2n) is 6.99. The van der Waals surface area contributed by atoms with Gasteiger partial charge in [0.15, 0.2) is 17.4 Å². The number of benzene rings is 3. The van der Waals surface area contributed by atoms with Crippen LogP contribution in [0.3, 0.4) is 0 Å². The Kier molecular flexibility index (Phi) is 4.67. The van der Waals surface area contributed by atoms with Gasteiger partial charge in [-0.05, 0) is 36.4 Å². The lowest BCUT2D eigenvalue weighted by Crippen LogP contribution is -2.17. The Morgan fingerprint density at radius 2 is 1.47 bits per heavy atom. The van der Waals surface area contributed by atoms with E-state index in [2.05, 4.69) is 10.6 Å². The average Bonchev–Trinajstić information content (AvgIpc) is 3.38. The van der Waals surface area contributed by atoms with Gasteiger partial charge >= 0.3 is 0 Å². The highest BCUT2D eigenvalue weighted by atomic mass is 19.2. The smallest absolute Gasteiger partial charge is 0.293 e. The highest BCUT2D eigenvalue weighted by Crippen LogP contribution is 2.32. The molecule has 5 aromatic rings. The summed E-state index contributed by atoms with van der Waals surface area (Å²) in [5.41, 5.74) is 1.07. The third-order valence-corrected chi connectivity index (χ3v) is 4.87. The lowest BCUT2D eigenvalue weighted by atomic mass is 10.2. The van der Waals surface area contributed by atoms with Crippen LogP contribution in [0, 0.1) is 11.6 Å². The van der Waals surface area contributed by atoms with Crippen LogP contribution in [0.5, 0.6) is 0 Å². The van der Waals surface area contributed by atoms with Crippen molar-refractivity contribution >= 4 is 45.1 Å². The largest absolute Gasteiger partial charge is 0.451 e. The number of para-hydroxylation sites is 2. The molecule has 0 fully saturated rings. The molecule has 2 aromatic heterocycles. The Labute approximate surface area is 179 Å². The van der Waals surface area contributed by atoms with E-state index in [0.29, 0.717) is 16.6 Å². The summed E-state index contributed by atoms with van der Waals surface area (Å²) in [6, 6.07) is 18.5. The summed E-state index contributed by atoms with van der Waals surface area (Å²) < 4.78 is 37.9.